The SMILES string of the molecule is CC(C)CC(NC(=O)NCCCNC(=O)c1ccc(F)cc1)c1ccccc1. The number of urea groups is 1. The first-order valence-corrected chi connectivity index (χ1v) is 9.58. The first kappa shape index (κ1) is 21.4. The third-order valence-electron chi connectivity index (χ3n) is 4.25. The summed E-state index contributed by atoms with van der Waals surface area (Å²) in [7, 11) is 0. The van der Waals surface area contributed by atoms with Gasteiger partial charge in [-0.2, -0.15) is 0 Å². The molecular formula is C22H28FN3O2. The zero-order valence-corrected chi connectivity index (χ0v) is 16.4. The van der Waals surface area contributed by atoms with Crippen molar-refractivity contribution in [2.75, 3.05) is 13.1 Å². The number of amides is 3. The Morgan fingerprint density at radius 1 is 0.929 bits per heavy atom. The molecule has 3 amide bonds. The lowest BCUT2D eigenvalue weighted by Gasteiger charge is -2.21. The highest BCUT2D eigenvalue weighted by Crippen LogP contribution is 2.20. The number of carbonyl (C=O) groups is 2. The minimum atomic E-state index is -0.377. The first-order valence-electron chi connectivity index (χ1n) is 9.58. The molecule has 0 saturated carbocycles. The predicted molar refractivity (Wildman–Crippen MR) is 109 cm³/mol. The minimum Gasteiger partial charge on any atom is -0.352 e. The molecule has 0 aliphatic carbocycles. The number of halogens is 1. The maximum absolute atomic E-state index is 12.9. The van der Waals surface area contributed by atoms with Gasteiger partial charge in [0, 0.05) is 18.7 Å². The van der Waals surface area contributed by atoms with Crippen LogP contribution in [-0.4, -0.2) is 25.0 Å². The van der Waals surface area contributed by atoms with E-state index in [2.05, 4.69) is 29.8 Å². The van der Waals surface area contributed by atoms with Crippen molar-refractivity contribution in [1.82, 2.24) is 16.0 Å². The monoisotopic (exact) mass is 385 g/mol. The van der Waals surface area contributed by atoms with E-state index >= 15 is 0 Å². The Bertz CT molecular complexity index is 748. The molecule has 0 saturated heterocycles. The van der Waals surface area contributed by atoms with Crippen LogP contribution in [0, 0.1) is 11.7 Å². The topological polar surface area (TPSA) is 70.2 Å². The van der Waals surface area contributed by atoms with Crippen LogP contribution in [0.3, 0.4) is 0 Å². The minimum absolute atomic E-state index is 0.0422. The molecule has 0 bridgehead atoms. The van der Waals surface area contributed by atoms with E-state index in [0.717, 1.165) is 12.0 Å². The third-order valence-corrected chi connectivity index (χ3v) is 4.25. The highest BCUT2D eigenvalue weighted by atomic mass is 19.1. The average Bonchev–Trinajstić information content (AvgIpc) is 2.68. The molecule has 2 aromatic carbocycles. The molecule has 150 valence electrons. The maximum Gasteiger partial charge on any atom is 0.315 e. The van der Waals surface area contributed by atoms with Gasteiger partial charge in [0.05, 0.1) is 6.04 Å². The van der Waals surface area contributed by atoms with Crippen LogP contribution < -0.4 is 16.0 Å². The molecule has 2 aromatic rings. The summed E-state index contributed by atoms with van der Waals surface area (Å²) in [6, 6.07) is 15.0. The summed E-state index contributed by atoms with van der Waals surface area (Å²) >= 11 is 0. The van der Waals surface area contributed by atoms with Crippen LogP contribution in [-0.2, 0) is 0 Å². The second kappa shape index (κ2) is 11.1. The van der Waals surface area contributed by atoms with Gasteiger partial charge in [0.1, 0.15) is 5.82 Å². The highest BCUT2D eigenvalue weighted by Gasteiger charge is 2.15. The molecule has 0 aromatic heterocycles. The Labute approximate surface area is 165 Å². The number of carbonyl (C=O) groups excluding carboxylic acids is 2. The van der Waals surface area contributed by atoms with Crippen LogP contribution in [0.1, 0.15) is 48.7 Å². The molecule has 0 fully saturated rings. The zero-order chi connectivity index (χ0) is 20.4. The van der Waals surface area contributed by atoms with Crippen LogP contribution in [0.5, 0.6) is 0 Å². The number of benzene rings is 2. The molecular weight excluding hydrogens is 357 g/mol. The Kier molecular flexibility index (Phi) is 8.46. The first-order chi connectivity index (χ1) is 13.5. The van der Waals surface area contributed by atoms with Crippen molar-refractivity contribution in [2.45, 2.75) is 32.7 Å². The molecule has 3 N–H and O–H groups in total. The number of nitrogens with one attached hydrogen (secondary N) is 3. The van der Waals surface area contributed by atoms with Gasteiger partial charge in [-0.25, -0.2) is 9.18 Å². The second-order valence-electron chi connectivity index (χ2n) is 7.11. The van der Waals surface area contributed by atoms with Crippen molar-refractivity contribution in [3.63, 3.8) is 0 Å². The van der Waals surface area contributed by atoms with Gasteiger partial charge in [0.25, 0.3) is 5.91 Å². The van der Waals surface area contributed by atoms with Gasteiger partial charge in [-0.05, 0) is 48.6 Å². The summed E-state index contributed by atoms with van der Waals surface area (Å²) in [4.78, 5) is 24.1. The fourth-order valence-electron chi connectivity index (χ4n) is 2.84. The Morgan fingerprint density at radius 2 is 1.57 bits per heavy atom. The van der Waals surface area contributed by atoms with Crippen LogP contribution >= 0.6 is 0 Å². The Hall–Kier alpha value is -2.89. The summed E-state index contributed by atoms with van der Waals surface area (Å²) in [5, 5.41) is 8.60. The fraction of sp³-hybridized carbons (Fsp3) is 0.364. The summed E-state index contributed by atoms with van der Waals surface area (Å²) < 4.78 is 12.9. The molecule has 28 heavy (non-hydrogen) atoms. The number of hydrogen-bond acceptors (Lipinski definition) is 2. The summed E-state index contributed by atoms with van der Waals surface area (Å²) in [6.45, 7) is 5.11. The van der Waals surface area contributed by atoms with Gasteiger partial charge >= 0.3 is 6.03 Å². The third kappa shape index (κ3) is 7.39. The summed E-state index contributed by atoms with van der Waals surface area (Å²) in [5.41, 5.74) is 1.49. The van der Waals surface area contributed by atoms with E-state index in [0.29, 0.717) is 31.0 Å². The van der Waals surface area contributed by atoms with E-state index in [1.807, 2.05) is 30.3 Å². The van der Waals surface area contributed by atoms with E-state index in [1.165, 1.54) is 24.3 Å². The van der Waals surface area contributed by atoms with Crippen molar-refractivity contribution in [3.05, 3.63) is 71.5 Å². The van der Waals surface area contributed by atoms with Gasteiger partial charge in [-0.3, -0.25) is 4.79 Å². The van der Waals surface area contributed by atoms with E-state index in [9.17, 15) is 14.0 Å². The van der Waals surface area contributed by atoms with Crippen molar-refractivity contribution >= 4 is 11.9 Å². The van der Waals surface area contributed by atoms with Gasteiger partial charge < -0.3 is 16.0 Å². The van der Waals surface area contributed by atoms with E-state index < -0.39 is 0 Å². The summed E-state index contributed by atoms with van der Waals surface area (Å²) in [6.07, 6.45) is 1.45. The van der Waals surface area contributed by atoms with E-state index in [-0.39, 0.29) is 23.8 Å². The smallest absolute Gasteiger partial charge is 0.315 e. The maximum atomic E-state index is 12.9. The molecule has 2 rings (SSSR count). The molecule has 0 heterocycles. The standard InChI is InChI=1S/C22H28FN3O2/c1-16(2)15-20(17-7-4-3-5-8-17)26-22(28)25-14-6-13-24-21(27)18-9-11-19(23)12-10-18/h3-5,7-12,16,20H,6,13-15H2,1-2H3,(H,24,27)(H2,25,26,28). The van der Waals surface area contributed by atoms with Gasteiger partial charge in [0.15, 0.2) is 0 Å². The van der Waals surface area contributed by atoms with Crippen LogP contribution in [0.15, 0.2) is 54.6 Å². The van der Waals surface area contributed by atoms with E-state index in [1.54, 1.807) is 0 Å². The lowest BCUT2D eigenvalue weighted by atomic mass is 9.97. The van der Waals surface area contributed by atoms with Crippen LogP contribution in [0.4, 0.5) is 9.18 Å². The average molecular weight is 385 g/mol. The van der Waals surface area contributed by atoms with Gasteiger partial charge in [-0.15, -0.1) is 0 Å². The number of rotatable bonds is 9. The fourth-order valence-corrected chi connectivity index (χ4v) is 2.84. The molecule has 0 aliphatic rings. The van der Waals surface area contributed by atoms with Crippen molar-refractivity contribution in [2.24, 2.45) is 5.92 Å². The lowest BCUT2D eigenvalue weighted by molar-refractivity contribution is 0.0953. The summed E-state index contributed by atoms with van der Waals surface area (Å²) in [5.74, 6) is -0.184. The van der Waals surface area contributed by atoms with Crippen molar-refractivity contribution in [3.8, 4) is 0 Å². The largest absolute Gasteiger partial charge is 0.352 e. The van der Waals surface area contributed by atoms with Crippen LogP contribution in [0.25, 0.3) is 0 Å². The zero-order valence-electron chi connectivity index (χ0n) is 16.4. The lowest BCUT2D eigenvalue weighted by Crippen LogP contribution is -2.39. The Balaban J connectivity index is 1.71. The van der Waals surface area contributed by atoms with E-state index in [4.69, 9.17) is 0 Å². The molecule has 5 nitrogen and oxygen atoms in total. The van der Waals surface area contributed by atoms with Gasteiger partial charge in [-0.1, -0.05) is 44.2 Å². The Morgan fingerprint density at radius 3 is 2.21 bits per heavy atom. The number of hydrogen-bond donors (Lipinski definition) is 3. The quantitative estimate of drug-likeness (QED) is 0.570. The normalized spacial score (nSPS) is 11.7. The molecule has 0 aliphatic heterocycles. The van der Waals surface area contributed by atoms with Gasteiger partial charge in [0.2, 0.25) is 0 Å². The van der Waals surface area contributed by atoms with Crippen molar-refractivity contribution < 1.29 is 14.0 Å². The molecule has 1 atom stereocenters. The molecule has 1 unspecified atom stereocenters. The predicted octanol–water partition coefficient (Wildman–Crippen LogP) is 4.03. The molecule has 0 spiro atoms. The highest BCUT2D eigenvalue weighted by molar-refractivity contribution is 5.94. The molecule has 6 heteroatoms. The van der Waals surface area contributed by atoms with Crippen LogP contribution in [0.2, 0.25) is 0 Å². The molecule has 0 radical (unpaired) electrons. The van der Waals surface area contributed by atoms with Crippen molar-refractivity contribution in [1.29, 1.82) is 0 Å². The second-order valence-corrected chi connectivity index (χ2v) is 7.11.